The van der Waals surface area contributed by atoms with E-state index in [1.54, 1.807) is 6.07 Å². The standard InChI is InChI=1S/C17H20N2O4S/c1-13-6-4-7-14(10-13)12-18-17(20)15-8-5-9-16(11-15)24(21,22)19(2)23-3/h4-11H,12H2,1-3H3,(H,18,20). The number of hydrogen-bond donors (Lipinski definition) is 1. The zero-order valence-corrected chi connectivity index (χ0v) is 14.6. The van der Waals surface area contributed by atoms with Gasteiger partial charge >= 0.3 is 0 Å². The highest BCUT2D eigenvalue weighted by molar-refractivity contribution is 7.89. The highest BCUT2D eigenvalue weighted by Crippen LogP contribution is 2.16. The average Bonchev–Trinajstić information content (AvgIpc) is 2.59. The molecule has 1 N–H and O–H groups in total. The van der Waals surface area contributed by atoms with Crippen molar-refractivity contribution in [2.45, 2.75) is 18.4 Å². The first-order valence-electron chi connectivity index (χ1n) is 7.31. The third-order valence-electron chi connectivity index (χ3n) is 3.53. The van der Waals surface area contributed by atoms with Crippen LogP contribution < -0.4 is 5.32 Å². The van der Waals surface area contributed by atoms with Crippen LogP contribution in [-0.2, 0) is 21.4 Å². The number of hydroxylamine groups is 1. The Kier molecular flexibility index (Phi) is 5.71. The Hall–Kier alpha value is -2.22. The average molecular weight is 348 g/mol. The largest absolute Gasteiger partial charge is 0.348 e. The third kappa shape index (κ3) is 4.19. The highest BCUT2D eigenvalue weighted by atomic mass is 32.2. The maximum atomic E-state index is 12.3. The van der Waals surface area contributed by atoms with Crippen LogP contribution in [0.2, 0.25) is 0 Å². The van der Waals surface area contributed by atoms with E-state index in [1.807, 2.05) is 31.2 Å². The number of sulfonamides is 1. The van der Waals surface area contributed by atoms with Crippen LogP contribution in [0.15, 0.2) is 53.4 Å². The number of nitrogens with one attached hydrogen (secondary N) is 1. The van der Waals surface area contributed by atoms with Crippen molar-refractivity contribution in [3.63, 3.8) is 0 Å². The molecule has 128 valence electrons. The molecule has 0 spiro atoms. The van der Waals surface area contributed by atoms with Crippen LogP contribution in [0.1, 0.15) is 21.5 Å². The molecule has 0 heterocycles. The predicted octanol–water partition coefficient (Wildman–Crippen LogP) is 2.11. The lowest BCUT2D eigenvalue weighted by Crippen LogP contribution is -2.27. The lowest BCUT2D eigenvalue weighted by atomic mass is 10.1. The molecular weight excluding hydrogens is 328 g/mol. The molecule has 2 aromatic rings. The number of rotatable bonds is 6. The Labute approximate surface area is 142 Å². The minimum Gasteiger partial charge on any atom is -0.348 e. The van der Waals surface area contributed by atoms with Gasteiger partial charge < -0.3 is 5.32 Å². The molecule has 0 aliphatic heterocycles. The van der Waals surface area contributed by atoms with E-state index in [2.05, 4.69) is 5.32 Å². The number of hydrogen-bond acceptors (Lipinski definition) is 4. The smallest absolute Gasteiger partial charge is 0.264 e. The number of amides is 1. The van der Waals surface area contributed by atoms with Crippen LogP contribution in [0.4, 0.5) is 0 Å². The summed E-state index contributed by atoms with van der Waals surface area (Å²) in [5.74, 6) is -0.339. The van der Waals surface area contributed by atoms with Gasteiger partial charge in [0.1, 0.15) is 0 Å². The molecule has 0 atom stereocenters. The van der Waals surface area contributed by atoms with Gasteiger partial charge in [-0.05, 0) is 30.7 Å². The lowest BCUT2D eigenvalue weighted by Gasteiger charge is -2.14. The topological polar surface area (TPSA) is 75.7 Å². The fourth-order valence-corrected chi connectivity index (χ4v) is 3.17. The fourth-order valence-electron chi connectivity index (χ4n) is 2.15. The summed E-state index contributed by atoms with van der Waals surface area (Å²) in [7, 11) is -1.24. The number of benzene rings is 2. The Morgan fingerprint density at radius 1 is 1.17 bits per heavy atom. The maximum absolute atomic E-state index is 12.3. The first kappa shape index (κ1) is 18.1. The molecule has 2 aromatic carbocycles. The molecule has 0 saturated heterocycles. The SMILES string of the molecule is CON(C)S(=O)(=O)c1cccc(C(=O)NCc2cccc(C)c2)c1. The molecule has 0 fully saturated rings. The van der Waals surface area contributed by atoms with Crippen molar-refractivity contribution in [1.82, 2.24) is 9.79 Å². The maximum Gasteiger partial charge on any atom is 0.264 e. The molecule has 0 aliphatic rings. The van der Waals surface area contributed by atoms with Gasteiger partial charge in [0, 0.05) is 19.2 Å². The van der Waals surface area contributed by atoms with E-state index in [4.69, 9.17) is 4.84 Å². The van der Waals surface area contributed by atoms with Gasteiger partial charge in [-0.2, -0.15) is 0 Å². The van der Waals surface area contributed by atoms with Crippen LogP contribution in [0.25, 0.3) is 0 Å². The molecular formula is C17H20N2O4S. The normalized spacial score (nSPS) is 11.5. The van der Waals surface area contributed by atoms with Crippen LogP contribution in [-0.4, -0.2) is 33.0 Å². The van der Waals surface area contributed by atoms with E-state index in [0.717, 1.165) is 15.6 Å². The quantitative estimate of drug-likeness (QED) is 0.811. The van der Waals surface area contributed by atoms with Crippen LogP contribution in [0.3, 0.4) is 0 Å². The fraction of sp³-hybridized carbons (Fsp3) is 0.235. The van der Waals surface area contributed by atoms with E-state index < -0.39 is 10.0 Å². The second-order valence-electron chi connectivity index (χ2n) is 5.30. The number of carbonyl (C=O) groups is 1. The monoisotopic (exact) mass is 348 g/mol. The summed E-state index contributed by atoms with van der Waals surface area (Å²) in [4.78, 5) is 17.0. The van der Waals surface area contributed by atoms with E-state index in [9.17, 15) is 13.2 Å². The minimum absolute atomic E-state index is 0.00458. The Morgan fingerprint density at radius 2 is 1.88 bits per heavy atom. The van der Waals surface area contributed by atoms with Crippen LogP contribution >= 0.6 is 0 Å². The second-order valence-corrected chi connectivity index (χ2v) is 7.23. The second kappa shape index (κ2) is 7.57. The van der Waals surface area contributed by atoms with Crippen molar-refractivity contribution < 1.29 is 18.0 Å². The van der Waals surface area contributed by atoms with Crippen molar-refractivity contribution >= 4 is 15.9 Å². The van der Waals surface area contributed by atoms with Crippen molar-refractivity contribution in [1.29, 1.82) is 0 Å². The summed E-state index contributed by atoms with van der Waals surface area (Å²) < 4.78 is 25.2. The molecule has 1 amide bonds. The molecule has 0 saturated carbocycles. The number of aryl methyl sites for hydroxylation is 1. The zero-order chi connectivity index (χ0) is 17.7. The van der Waals surface area contributed by atoms with Crippen molar-refractivity contribution in [2.24, 2.45) is 0 Å². The molecule has 6 nitrogen and oxygen atoms in total. The minimum atomic E-state index is -3.79. The van der Waals surface area contributed by atoms with Gasteiger partial charge in [0.25, 0.3) is 15.9 Å². The number of carbonyl (C=O) groups excluding carboxylic acids is 1. The van der Waals surface area contributed by atoms with E-state index in [1.165, 1.54) is 32.4 Å². The van der Waals surface area contributed by atoms with Gasteiger partial charge in [0.05, 0.1) is 12.0 Å². The number of nitrogens with zero attached hydrogens (tertiary/aromatic N) is 1. The van der Waals surface area contributed by atoms with Gasteiger partial charge in [-0.1, -0.05) is 40.4 Å². The Morgan fingerprint density at radius 3 is 2.54 bits per heavy atom. The molecule has 2 rings (SSSR count). The predicted molar refractivity (Wildman–Crippen MR) is 90.7 cm³/mol. The molecule has 0 unspecified atom stereocenters. The Balaban J connectivity index is 2.15. The van der Waals surface area contributed by atoms with Gasteiger partial charge in [-0.25, -0.2) is 8.42 Å². The summed E-state index contributed by atoms with van der Waals surface area (Å²) in [5, 5.41) is 2.79. The van der Waals surface area contributed by atoms with Gasteiger partial charge in [-0.15, -0.1) is 0 Å². The van der Waals surface area contributed by atoms with E-state index >= 15 is 0 Å². The molecule has 0 bridgehead atoms. The highest BCUT2D eigenvalue weighted by Gasteiger charge is 2.21. The molecule has 0 aliphatic carbocycles. The van der Waals surface area contributed by atoms with Crippen molar-refractivity contribution in [3.05, 3.63) is 65.2 Å². The van der Waals surface area contributed by atoms with Gasteiger partial charge in [0.15, 0.2) is 0 Å². The third-order valence-corrected chi connectivity index (χ3v) is 5.20. The summed E-state index contributed by atoms with van der Waals surface area (Å²) in [5.41, 5.74) is 2.36. The van der Waals surface area contributed by atoms with Gasteiger partial charge in [-0.3, -0.25) is 9.63 Å². The lowest BCUT2D eigenvalue weighted by molar-refractivity contribution is -0.0258. The molecule has 24 heavy (non-hydrogen) atoms. The van der Waals surface area contributed by atoms with Crippen LogP contribution in [0, 0.1) is 6.92 Å². The van der Waals surface area contributed by atoms with E-state index in [-0.39, 0.29) is 16.4 Å². The van der Waals surface area contributed by atoms with Crippen molar-refractivity contribution in [2.75, 3.05) is 14.2 Å². The molecule has 0 radical (unpaired) electrons. The summed E-state index contributed by atoms with van der Waals surface area (Å²) >= 11 is 0. The summed E-state index contributed by atoms with van der Waals surface area (Å²) in [6.45, 7) is 2.35. The first-order valence-corrected chi connectivity index (χ1v) is 8.75. The van der Waals surface area contributed by atoms with Gasteiger partial charge in [0.2, 0.25) is 0 Å². The van der Waals surface area contributed by atoms with Crippen molar-refractivity contribution in [3.8, 4) is 0 Å². The summed E-state index contributed by atoms with van der Waals surface area (Å²) in [6.07, 6.45) is 0. The van der Waals surface area contributed by atoms with Crippen LogP contribution in [0.5, 0.6) is 0 Å². The van der Waals surface area contributed by atoms with E-state index in [0.29, 0.717) is 6.54 Å². The first-order chi connectivity index (χ1) is 11.3. The zero-order valence-electron chi connectivity index (χ0n) is 13.8. The molecule has 0 aromatic heterocycles. The summed E-state index contributed by atoms with van der Waals surface area (Å²) in [6, 6.07) is 13.6. The Bertz CT molecular complexity index is 834. The molecule has 7 heteroatoms.